The second-order valence-corrected chi connectivity index (χ2v) is 6.41. The molecule has 1 fully saturated rings. The van der Waals surface area contributed by atoms with Gasteiger partial charge in [0.05, 0.1) is 0 Å². The summed E-state index contributed by atoms with van der Waals surface area (Å²) in [7, 11) is 0. The third kappa shape index (κ3) is 2.51. The van der Waals surface area contributed by atoms with Gasteiger partial charge in [-0.1, -0.05) is 0 Å². The number of amides is 1. The van der Waals surface area contributed by atoms with Gasteiger partial charge < -0.3 is 10.6 Å². The van der Waals surface area contributed by atoms with Crippen molar-refractivity contribution >= 4 is 23.1 Å². The van der Waals surface area contributed by atoms with E-state index in [0.29, 0.717) is 11.6 Å². The van der Waals surface area contributed by atoms with Crippen LogP contribution in [-0.4, -0.2) is 29.0 Å². The van der Waals surface area contributed by atoms with E-state index in [9.17, 15) is 4.79 Å². The van der Waals surface area contributed by atoms with Gasteiger partial charge in [-0.25, -0.2) is 9.97 Å². The van der Waals surface area contributed by atoms with Gasteiger partial charge in [0.2, 0.25) is 0 Å². The summed E-state index contributed by atoms with van der Waals surface area (Å²) in [4.78, 5) is 20.9. The van der Waals surface area contributed by atoms with E-state index >= 15 is 0 Å². The molecule has 1 saturated carbocycles. The van der Waals surface area contributed by atoms with Gasteiger partial charge in [0, 0.05) is 35.8 Å². The minimum Gasteiger partial charge on any atom is -0.369 e. The number of pyridine rings is 1. The van der Waals surface area contributed by atoms with Crippen LogP contribution in [0.15, 0.2) is 17.6 Å². The zero-order valence-electron chi connectivity index (χ0n) is 11.6. The quantitative estimate of drug-likeness (QED) is 0.909. The van der Waals surface area contributed by atoms with Crippen LogP contribution in [0.4, 0.5) is 5.82 Å². The molecule has 2 aromatic heterocycles. The van der Waals surface area contributed by atoms with Crippen molar-refractivity contribution in [3.05, 3.63) is 28.9 Å². The summed E-state index contributed by atoms with van der Waals surface area (Å²) in [5, 5.41) is 8.96. The number of hydrogen-bond acceptors (Lipinski definition) is 5. The molecule has 3 heterocycles. The van der Waals surface area contributed by atoms with Crippen LogP contribution >= 0.6 is 11.3 Å². The van der Waals surface area contributed by atoms with Crippen molar-refractivity contribution < 1.29 is 4.79 Å². The molecule has 0 saturated heterocycles. The molecule has 6 heteroatoms. The van der Waals surface area contributed by atoms with Crippen LogP contribution in [0.25, 0.3) is 10.6 Å². The molecule has 2 aliphatic rings. The Bertz CT molecular complexity index is 693. The first kappa shape index (κ1) is 12.8. The molecule has 21 heavy (non-hydrogen) atoms. The summed E-state index contributed by atoms with van der Waals surface area (Å²) in [6.07, 6.45) is 5.22. The Balaban J connectivity index is 1.56. The first-order valence-corrected chi connectivity index (χ1v) is 8.15. The van der Waals surface area contributed by atoms with E-state index in [-0.39, 0.29) is 5.91 Å². The smallest absolute Gasteiger partial charge is 0.270 e. The number of hydrogen-bond donors (Lipinski definition) is 2. The van der Waals surface area contributed by atoms with E-state index in [1.54, 1.807) is 6.20 Å². The molecular formula is C15H16N4OS. The molecule has 0 atom stereocenters. The Morgan fingerprint density at radius 3 is 3.24 bits per heavy atom. The Kier molecular flexibility index (Phi) is 3.11. The third-order valence-electron chi connectivity index (χ3n) is 3.94. The van der Waals surface area contributed by atoms with Crippen LogP contribution in [0.1, 0.15) is 28.9 Å². The van der Waals surface area contributed by atoms with E-state index in [1.165, 1.54) is 29.7 Å². The van der Waals surface area contributed by atoms with Crippen molar-refractivity contribution in [2.75, 3.05) is 18.4 Å². The Morgan fingerprint density at radius 1 is 1.48 bits per heavy atom. The van der Waals surface area contributed by atoms with E-state index < -0.39 is 0 Å². The fourth-order valence-corrected chi connectivity index (χ4v) is 3.41. The summed E-state index contributed by atoms with van der Waals surface area (Å²) < 4.78 is 0. The largest absolute Gasteiger partial charge is 0.369 e. The van der Waals surface area contributed by atoms with E-state index in [0.717, 1.165) is 35.9 Å². The minimum absolute atomic E-state index is 0.0618. The zero-order chi connectivity index (χ0) is 14.2. The normalized spacial score (nSPS) is 16.4. The zero-order valence-corrected chi connectivity index (χ0v) is 12.4. The van der Waals surface area contributed by atoms with Gasteiger partial charge in [-0.2, -0.15) is 0 Å². The van der Waals surface area contributed by atoms with E-state index in [2.05, 4.69) is 20.6 Å². The lowest BCUT2D eigenvalue weighted by atomic mass is 10.1. The number of thiazole rings is 1. The molecule has 5 nitrogen and oxygen atoms in total. The first-order valence-electron chi connectivity index (χ1n) is 7.27. The molecular weight excluding hydrogens is 284 g/mol. The van der Waals surface area contributed by atoms with Gasteiger partial charge in [0.15, 0.2) is 0 Å². The van der Waals surface area contributed by atoms with Crippen LogP contribution in [-0.2, 0) is 6.42 Å². The summed E-state index contributed by atoms with van der Waals surface area (Å²) in [5.74, 6) is 1.57. The van der Waals surface area contributed by atoms with Gasteiger partial charge in [-0.15, -0.1) is 11.3 Å². The lowest BCUT2D eigenvalue weighted by molar-refractivity contribution is 0.0947. The summed E-state index contributed by atoms with van der Waals surface area (Å²) in [6, 6.07) is 1.98. The molecule has 0 spiro atoms. The maximum absolute atomic E-state index is 12.1. The molecule has 0 radical (unpaired) electrons. The van der Waals surface area contributed by atoms with Crippen molar-refractivity contribution in [2.45, 2.75) is 19.3 Å². The topological polar surface area (TPSA) is 66.9 Å². The van der Waals surface area contributed by atoms with Gasteiger partial charge in [0.25, 0.3) is 5.91 Å². The molecule has 0 aromatic carbocycles. The molecule has 1 aliphatic carbocycles. The highest BCUT2D eigenvalue weighted by molar-refractivity contribution is 7.13. The van der Waals surface area contributed by atoms with Crippen molar-refractivity contribution in [1.82, 2.24) is 15.3 Å². The maximum atomic E-state index is 12.1. The van der Waals surface area contributed by atoms with Crippen LogP contribution in [0, 0.1) is 5.92 Å². The second-order valence-electron chi connectivity index (χ2n) is 5.55. The summed E-state index contributed by atoms with van der Waals surface area (Å²) in [5.41, 5.74) is 2.82. The summed E-state index contributed by atoms with van der Waals surface area (Å²) in [6.45, 7) is 1.69. The minimum atomic E-state index is -0.0618. The Labute approximate surface area is 126 Å². The fraction of sp³-hybridized carbons (Fsp3) is 0.400. The number of fused-ring (bicyclic) bond motifs is 1. The molecule has 4 rings (SSSR count). The summed E-state index contributed by atoms with van der Waals surface area (Å²) >= 11 is 1.52. The lowest BCUT2D eigenvalue weighted by Crippen LogP contribution is -2.25. The Hall–Kier alpha value is -1.95. The molecule has 1 amide bonds. The molecule has 108 valence electrons. The highest BCUT2D eigenvalue weighted by Gasteiger charge is 2.23. The number of anilines is 1. The highest BCUT2D eigenvalue weighted by Crippen LogP contribution is 2.33. The average molecular weight is 300 g/mol. The molecule has 2 aromatic rings. The number of carbonyl (C=O) groups excluding carboxylic acids is 1. The predicted molar refractivity (Wildman–Crippen MR) is 82.6 cm³/mol. The third-order valence-corrected chi connectivity index (χ3v) is 4.81. The number of aromatic nitrogens is 2. The van der Waals surface area contributed by atoms with Crippen molar-refractivity contribution in [1.29, 1.82) is 0 Å². The molecule has 1 aliphatic heterocycles. The van der Waals surface area contributed by atoms with Crippen LogP contribution in [0.2, 0.25) is 0 Å². The number of rotatable bonds is 4. The molecule has 2 N–H and O–H groups in total. The van der Waals surface area contributed by atoms with Gasteiger partial charge in [0.1, 0.15) is 16.5 Å². The molecule has 0 bridgehead atoms. The lowest BCUT2D eigenvalue weighted by Gasteiger charge is -2.03. The van der Waals surface area contributed by atoms with E-state index in [1.807, 2.05) is 11.4 Å². The first-order chi connectivity index (χ1) is 10.3. The monoisotopic (exact) mass is 300 g/mol. The average Bonchev–Trinajstić information content (AvgIpc) is 3.02. The molecule has 0 unspecified atom stereocenters. The van der Waals surface area contributed by atoms with Crippen LogP contribution < -0.4 is 10.6 Å². The van der Waals surface area contributed by atoms with Gasteiger partial charge >= 0.3 is 0 Å². The van der Waals surface area contributed by atoms with Crippen molar-refractivity contribution in [2.24, 2.45) is 5.92 Å². The van der Waals surface area contributed by atoms with E-state index in [4.69, 9.17) is 0 Å². The van der Waals surface area contributed by atoms with Gasteiger partial charge in [-0.05, 0) is 31.2 Å². The van der Waals surface area contributed by atoms with Crippen molar-refractivity contribution in [3.63, 3.8) is 0 Å². The highest BCUT2D eigenvalue weighted by atomic mass is 32.1. The fourth-order valence-electron chi connectivity index (χ4n) is 2.56. The number of carbonyl (C=O) groups is 1. The second kappa shape index (κ2) is 5.11. The maximum Gasteiger partial charge on any atom is 0.270 e. The van der Waals surface area contributed by atoms with Gasteiger partial charge in [-0.3, -0.25) is 4.79 Å². The SMILES string of the molecule is O=C(NCC1CC1)c1csc(-c2ccnc3c2CCN3)n1. The number of nitrogens with one attached hydrogen (secondary N) is 2. The standard InChI is InChI=1S/C15H16N4OS/c20-14(18-7-9-1-2-9)12-8-21-15(19-12)11-4-6-17-13-10(11)3-5-16-13/h4,6,8-9H,1-3,5,7H2,(H,16,17)(H,18,20). The van der Waals surface area contributed by atoms with Crippen LogP contribution in [0.3, 0.4) is 0 Å². The Morgan fingerprint density at radius 2 is 2.38 bits per heavy atom. The van der Waals surface area contributed by atoms with Crippen LogP contribution in [0.5, 0.6) is 0 Å². The number of nitrogens with zero attached hydrogens (tertiary/aromatic N) is 2. The predicted octanol–water partition coefficient (Wildman–Crippen LogP) is 2.31. The van der Waals surface area contributed by atoms with Crippen molar-refractivity contribution in [3.8, 4) is 10.6 Å².